The third-order valence-corrected chi connectivity index (χ3v) is 7.03. The summed E-state index contributed by atoms with van der Waals surface area (Å²) in [5, 5.41) is 6.43. The van der Waals surface area contributed by atoms with Crippen molar-refractivity contribution in [3.05, 3.63) is 81.4 Å². The highest BCUT2D eigenvalue weighted by atomic mass is 16.2. The number of hydrogen-bond donors (Lipinski definition) is 2. The molecule has 190 valence electrons. The average Bonchev–Trinajstić information content (AvgIpc) is 3.70. The van der Waals surface area contributed by atoms with Crippen LogP contribution in [0.3, 0.4) is 0 Å². The van der Waals surface area contributed by atoms with Gasteiger partial charge >= 0.3 is 0 Å². The topological polar surface area (TPSA) is 79.3 Å². The van der Waals surface area contributed by atoms with Crippen molar-refractivity contribution < 1.29 is 4.79 Å². The molecular weight excluding hydrogens is 450 g/mol. The van der Waals surface area contributed by atoms with Crippen LogP contribution in [-0.4, -0.2) is 34.6 Å². The first kappa shape index (κ1) is 25.5. The smallest absolute Gasteiger partial charge is 0.297 e. The summed E-state index contributed by atoms with van der Waals surface area (Å²) in [6.45, 7) is 12.4. The molecule has 0 radical (unpaired) electrons. The number of hydrogen-bond acceptors (Lipinski definition) is 5. The fourth-order valence-corrected chi connectivity index (χ4v) is 4.70. The highest BCUT2D eigenvalue weighted by molar-refractivity contribution is 5.95. The van der Waals surface area contributed by atoms with Crippen LogP contribution in [0.1, 0.15) is 73.1 Å². The molecule has 0 saturated heterocycles. The van der Waals surface area contributed by atoms with Crippen molar-refractivity contribution in [3.8, 4) is 5.69 Å². The minimum Gasteiger partial charge on any atom is -0.372 e. The van der Waals surface area contributed by atoms with E-state index in [9.17, 15) is 9.59 Å². The van der Waals surface area contributed by atoms with E-state index in [4.69, 9.17) is 0 Å². The Bertz CT molecular complexity index is 1290. The van der Waals surface area contributed by atoms with Gasteiger partial charge in [-0.2, -0.15) is 0 Å². The quantitative estimate of drug-likeness (QED) is 0.413. The van der Waals surface area contributed by atoms with Gasteiger partial charge in [0, 0.05) is 42.8 Å². The van der Waals surface area contributed by atoms with Gasteiger partial charge in [-0.25, -0.2) is 4.98 Å². The molecule has 7 heteroatoms. The maximum absolute atomic E-state index is 13.6. The van der Waals surface area contributed by atoms with Gasteiger partial charge in [-0.15, -0.1) is 0 Å². The van der Waals surface area contributed by atoms with Crippen LogP contribution in [0.2, 0.25) is 0 Å². The van der Waals surface area contributed by atoms with Crippen LogP contribution in [0.5, 0.6) is 0 Å². The van der Waals surface area contributed by atoms with E-state index in [0.717, 1.165) is 43.5 Å². The maximum Gasteiger partial charge on any atom is 0.297 e. The van der Waals surface area contributed by atoms with E-state index in [1.165, 1.54) is 11.3 Å². The number of nitrogens with zero attached hydrogens (tertiary/aromatic N) is 3. The molecule has 1 aromatic heterocycles. The molecule has 36 heavy (non-hydrogen) atoms. The first-order valence-electron chi connectivity index (χ1n) is 13.0. The Hall–Kier alpha value is -3.61. The Morgan fingerprint density at radius 3 is 2.56 bits per heavy atom. The molecule has 1 aliphatic rings. The van der Waals surface area contributed by atoms with Gasteiger partial charge in [0.15, 0.2) is 5.82 Å². The number of amides is 1. The fourth-order valence-electron chi connectivity index (χ4n) is 4.70. The number of rotatable bonds is 10. The van der Waals surface area contributed by atoms with E-state index in [2.05, 4.69) is 66.4 Å². The predicted molar refractivity (Wildman–Crippen MR) is 146 cm³/mol. The third-order valence-electron chi connectivity index (χ3n) is 7.03. The van der Waals surface area contributed by atoms with Gasteiger partial charge in [0.2, 0.25) is 0 Å². The number of nitrogens with one attached hydrogen (secondary N) is 2. The summed E-state index contributed by atoms with van der Waals surface area (Å²) in [6, 6.07) is 12.0. The van der Waals surface area contributed by atoms with E-state index in [-0.39, 0.29) is 23.6 Å². The molecule has 0 unspecified atom stereocenters. The van der Waals surface area contributed by atoms with Gasteiger partial charge in [0.05, 0.1) is 11.7 Å². The Kier molecular flexibility index (Phi) is 7.77. The molecule has 0 aliphatic heterocycles. The number of aromatic nitrogens is 2. The minimum atomic E-state index is -0.239. The first-order valence-corrected chi connectivity index (χ1v) is 13.0. The van der Waals surface area contributed by atoms with Crippen LogP contribution in [0.4, 0.5) is 11.5 Å². The molecule has 0 spiro atoms. The van der Waals surface area contributed by atoms with Gasteiger partial charge in [-0.1, -0.05) is 25.1 Å². The summed E-state index contributed by atoms with van der Waals surface area (Å²) in [6.07, 6.45) is 6.14. The molecule has 0 bridgehead atoms. The van der Waals surface area contributed by atoms with Gasteiger partial charge in [-0.05, 0) is 81.8 Å². The number of benzene rings is 2. The van der Waals surface area contributed by atoms with Gasteiger partial charge < -0.3 is 15.5 Å². The molecule has 4 rings (SSSR count). The van der Waals surface area contributed by atoms with Crippen molar-refractivity contribution in [1.82, 2.24) is 14.9 Å². The number of carbonyl (C=O) groups is 1. The van der Waals surface area contributed by atoms with Crippen LogP contribution in [0.25, 0.3) is 5.69 Å². The Morgan fingerprint density at radius 2 is 1.89 bits per heavy atom. The summed E-state index contributed by atoms with van der Waals surface area (Å²) in [4.78, 5) is 32.9. The van der Waals surface area contributed by atoms with E-state index < -0.39 is 0 Å². The van der Waals surface area contributed by atoms with E-state index in [1.807, 2.05) is 13.0 Å². The number of carbonyl (C=O) groups excluding carboxylic acids is 1. The molecule has 1 amide bonds. The lowest BCUT2D eigenvalue weighted by molar-refractivity contribution is 0.0951. The molecule has 1 heterocycles. The van der Waals surface area contributed by atoms with Crippen LogP contribution in [0.15, 0.2) is 53.6 Å². The molecule has 1 fully saturated rings. The van der Waals surface area contributed by atoms with Gasteiger partial charge in [-0.3, -0.25) is 14.2 Å². The summed E-state index contributed by atoms with van der Waals surface area (Å²) in [7, 11) is 0. The van der Waals surface area contributed by atoms with E-state index in [0.29, 0.717) is 17.1 Å². The van der Waals surface area contributed by atoms with Gasteiger partial charge in [0.1, 0.15) is 0 Å². The molecule has 2 aromatic carbocycles. The van der Waals surface area contributed by atoms with Crippen molar-refractivity contribution in [2.75, 3.05) is 23.3 Å². The van der Waals surface area contributed by atoms with E-state index >= 15 is 0 Å². The first-order chi connectivity index (χ1) is 17.4. The zero-order valence-corrected chi connectivity index (χ0v) is 22.0. The summed E-state index contributed by atoms with van der Waals surface area (Å²) >= 11 is 0. The lowest BCUT2D eigenvalue weighted by Gasteiger charge is -2.27. The van der Waals surface area contributed by atoms with Gasteiger partial charge in [0.25, 0.3) is 11.5 Å². The Morgan fingerprint density at radius 1 is 1.14 bits per heavy atom. The lowest BCUT2D eigenvalue weighted by Crippen LogP contribution is -2.27. The summed E-state index contributed by atoms with van der Waals surface area (Å²) < 4.78 is 1.57. The second-order valence-corrected chi connectivity index (χ2v) is 9.47. The normalized spacial score (nSPS) is 13.8. The molecular formula is C29H37N5O2. The summed E-state index contributed by atoms with van der Waals surface area (Å²) in [5.74, 6) is 0.193. The number of anilines is 2. The van der Waals surface area contributed by atoms with Crippen molar-refractivity contribution in [1.29, 1.82) is 0 Å². The SMILES string of the molecule is CC[C@@H](Nc1nccn(-c2cc(C(=O)NC3CC3)ccc2C)c1=O)c1cccc(N(CC)CC)c1C. The minimum absolute atomic E-state index is 0.0617. The molecule has 1 saturated carbocycles. The third kappa shape index (κ3) is 5.30. The van der Waals surface area contributed by atoms with Crippen molar-refractivity contribution in [2.24, 2.45) is 0 Å². The maximum atomic E-state index is 13.6. The predicted octanol–water partition coefficient (Wildman–Crippen LogP) is 5.15. The second-order valence-electron chi connectivity index (χ2n) is 9.47. The summed E-state index contributed by atoms with van der Waals surface area (Å²) in [5.41, 5.74) is 5.49. The highest BCUT2D eigenvalue weighted by Crippen LogP contribution is 2.30. The van der Waals surface area contributed by atoms with Crippen molar-refractivity contribution in [3.63, 3.8) is 0 Å². The zero-order valence-electron chi connectivity index (χ0n) is 22.0. The van der Waals surface area contributed by atoms with Crippen LogP contribution in [0, 0.1) is 13.8 Å². The van der Waals surface area contributed by atoms with Crippen molar-refractivity contribution >= 4 is 17.4 Å². The molecule has 1 atom stereocenters. The van der Waals surface area contributed by atoms with Crippen molar-refractivity contribution in [2.45, 2.75) is 66.0 Å². The largest absolute Gasteiger partial charge is 0.372 e. The van der Waals surface area contributed by atoms with Crippen LogP contribution < -0.4 is 21.1 Å². The molecule has 2 N–H and O–H groups in total. The fraction of sp³-hybridized carbons (Fsp3) is 0.414. The Balaban J connectivity index is 1.66. The molecule has 7 nitrogen and oxygen atoms in total. The number of aryl methyl sites for hydroxylation is 1. The standard InChI is InChI=1S/C29H37N5O2/c1-6-24(23-10-9-11-25(20(23)5)33(7-2)8-3)32-27-29(36)34(17-16-30-27)26-18-21(13-12-19(26)4)28(35)31-22-14-15-22/h9-13,16-18,22,24H,6-8,14-15H2,1-5H3,(H,30,32)(H,31,35)/t24-/m1/s1. The van der Waals surface area contributed by atoms with Crippen LogP contribution in [-0.2, 0) is 0 Å². The zero-order chi connectivity index (χ0) is 25.8. The monoisotopic (exact) mass is 487 g/mol. The Labute approximate surface area is 213 Å². The molecule has 3 aromatic rings. The lowest BCUT2D eigenvalue weighted by atomic mass is 9.97. The highest BCUT2D eigenvalue weighted by Gasteiger charge is 2.24. The van der Waals surface area contributed by atoms with E-state index in [1.54, 1.807) is 29.1 Å². The average molecular weight is 488 g/mol. The van der Waals surface area contributed by atoms with Crippen LogP contribution >= 0.6 is 0 Å². The molecule has 1 aliphatic carbocycles. The second kappa shape index (κ2) is 11.0.